The van der Waals surface area contributed by atoms with E-state index in [-0.39, 0.29) is 25.1 Å². The molecule has 1 spiro atoms. The molecule has 0 aromatic rings. The molecule has 0 saturated carbocycles. The first-order valence-electron chi connectivity index (χ1n) is 6.11. The summed E-state index contributed by atoms with van der Waals surface area (Å²) in [6.07, 6.45) is -1.02. The van der Waals surface area contributed by atoms with Crippen molar-refractivity contribution in [2.75, 3.05) is 13.2 Å². The van der Waals surface area contributed by atoms with Crippen LogP contribution in [0.15, 0.2) is 0 Å². The van der Waals surface area contributed by atoms with Crippen LogP contribution in [0.3, 0.4) is 0 Å². The third-order valence-corrected chi connectivity index (χ3v) is 3.32. The maximum absolute atomic E-state index is 12.5. The van der Waals surface area contributed by atoms with Crippen molar-refractivity contribution in [2.45, 2.75) is 57.3 Å². The van der Waals surface area contributed by atoms with Gasteiger partial charge in [-0.3, -0.25) is 4.79 Å². The zero-order valence-corrected chi connectivity index (χ0v) is 11.0. The molecule has 6 heteroatoms. The first-order valence-corrected chi connectivity index (χ1v) is 6.11. The Balaban J connectivity index is 1.84. The Kier molecular flexibility index (Phi) is 2.44. The molecule has 102 valence electrons. The highest BCUT2D eigenvalue weighted by Crippen LogP contribution is 2.41. The molecule has 3 rings (SSSR count). The Bertz CT molecular complexity index is 388. The summed E-state index contributed by atoms with van der Waals surface area (Å²) in [5, 5.41) is 0. The van der Waals surface area contributed by atoms with Gasteiger partial charge < -0.3 is 23.7 Å². The van der Waals surface area contributed by atoms with E-state index in [2.05, 4.69) is 0 Å². The van der Waals surface area contributed by atoms with Crippen molar-refractivity contribution in [1.29, 1.82) is 0 Å². The second-order valence-electron chi connectivity index (χ2n) is 5.81. The minimum absolute atomic E-state index is 0.0891. The molecule has 3 aliphatic rings. The largest absolute Gasteiger partial charge is 0.344 e. The van der Waals surface area contributed by atoms with Crippen LogP contribution in [-0.4, -0.2) is 48.6 Å². The molecule has 0 amide bonds. The zero-order valence-electron chi connectivity index (χ0n) is 11.0. The lowest BCUT2D eigenvalue weighted by molar-refractivity contribution is -0.263. The number of ketones is 1. The SMILES string of the molecule is CC1(C)OC2CO[C@@]3(COC(C)(C)O3)C(=O)C2O1. The molecule has 0 aliphatic carbocycles. The van der Waals surface area contributed by atoms with Crippen LogP contribution in [0.2, 0.25) is 0 Å². The summed E-state index contributed by atoms with van der Waals surface area (Å²) in [6, 6.07) is 0. The number of carbonyl (C=O) groups excluding carboxylic acids is 1. The van der Waals surface area contributed by atoms with Gasteiger partial charge in [-0.25, -0.2) is 0 Å². The molecule has 0 aromatic heterocycles. The normalized spacial score (nSPS) is 45.4. The highest BCUT2D eigenvalue weighted by Gasteiger charge is 2.62. The highest BCUT2D eigenvalue weighted by atomic mass is 16.8. The smallest absolute Gasteiger partial charge is 0.258 e. The van der Waals surface area contributed by atoms with Gasteiger partial charge in [-0.1, -0.05) is 0 Å². The van der Waals surface area contributed by atoms with Crippen LogP contribution in [0.5, 0.6) is 0 Å². The van der Waals surface area contributed by atoms with Crippen molar-refractivity contribution < 1.29 is 28.5 Å². The van der Waals surface area contributed by atoms with Gasteiger partial charge in [0.25, 0.3) is 5.79 Å². The van der Waals surface area contributed by atoms with Gasteiger partial charge >= 0.3 is 0 Å². The fourth-order valence-corrected chi connectivity index (χ4v) is 2.60. The van der Waals surface area contributed by atoms with Crippen LogP contribution >= 0.6 is 0 Å². The van der Waals surface area contributed by atoms with Crippen LogP contribution in [0.1, 0.15) is 27.7 Å². The second-order valence-corrected chi connectivity index (χ2v) is 5.81. The molecule has 3 saturated heterocycles. The number of fused-ring (bicyclic) bond motifs is 1. The number of hydrogen-bond acceptors (Lipinski definition) is 6. The molecule has 0 radical (unpaired) electrons. The van der Waals surface area contributed by atoms with E-state index in [4.69, 9.17) is 23.7 Å². The Hall–Kier alpha value is -0.530. The summed E-state index contributed by atoms with van der Waals surface area (Å²) in [5.41, 5.74) is 0. The van der Waals surface area contributed by atoms with Crippen LogP contribution in [0.25, 0.3) is 0 Å². The summed E-state index contributed by atoms with van der Waals surface area (Å²) < 4.78 is 27.9. The van der Waals surface area contributed by atoms with Crippen LogP contribution in [0, 0.1) is 0 Å². The Labute approximate surface area is 105 Å². The van der Waals surface area contributed by atoms with Crippen LogP contribution in [-0.2, 0) is 28.5 Å². The van der Waals surface area contributed by atoms with Crippen molar-refractivity contribution in [3.63, 3.8) is 0 Å². The molecule has 0 N–H and O–H groups in total. The number of ether oxygens (including phenoxy) is 5. The quantitative estimate of drug-likeness (QED) is 0.633. The summed E-state index contributed by atoms with van der Waals surface area (Å²) in [5.74, 6) is -3.18. The molecule has 3 heterocycles. The van der Waals surface area contributed by atoms with Gasteiger partial charge in [0, 0.05) is 0 Å². The average molecular weight is 258 g/mol. The zero-order chi connectivity index (χ0) is 13.2. The number of hydrogen-bond donors (Lipinski definition) is 0. The first-order chi connectivity index (χ1) is 8.23. The molecule has 3 atom stereocenters. The van der Waals surface area contributed by atoms with E-state index in [1.165, 1.54) is 0 Å². The summed E-state index contributed by atoms with van der Waals surface area (Å²) >= 11 is 0. The topological polar surface area (TPSA) is 63.2 Å². The van der Waals surface area contributed by atoms with Gasteiger partial charge in [0.15, 0.2) is 17.7 Å². The van der Waals surface area contributed by atoms with E-state index in [9.17, 15) is 4.79 Å². The predicted molar refractivity (Wildman–Crippen MR) is 58.6 cm³/mol. The fourth-order valence-electron chi connectivity index (χ4n) is 2.60. The Morgan fingerprint density at radius 1 is 1.06 bits per heavy atom. The lowest BCUT2D eigenvalue weighted by Crippen LogP contribution is -2.58. The van der Waals surface area contributed by atoms with E-state index in [1.807, 2.05) is 0 Å². The monoisotopic (exact) mass is 258 g/mol. The molecule has 3 aliphatic heterocycles. The number of Topliss-reactive ketones (excluding diaryl/α,β-unsaturated/α-hetero) is 1. The van der Waals surface area contributed by atoms with Crippen molar-refractivity contribution in [2.24, 2.45) is 0 Å². The van der Waals surface area contributed by atoms with Crippen molar-refractivity contribution in [1.82, 2.24) is 0 Å². The Morgan fingerprint density at radius 3 is 2.39 bits per heavy atom. The molecule has 0 aromatic carbocycles. The lowest BCUT2D eigenvalue weighted by atomic mass is 9.99. The minimum atomic E-state index is -1.34. The average Bonchev–Trinajstić information content (AvgIpc) is 2.71. The van der Waals surface area contributed by atoms with Crippen molar-refractivity contribution >= 4 is 5.78 Å². The van der Waals surface area contributed by atoms with Gasteiger partial charge in [-0.2, -0.15) is 0 Å². The Morgan fingerprint density at radius 2 is 1.78 bits per heavy atom. The molecule has 0 bridgehead atoms. The molecule has 6 nitrogen and oxygen atoms in total. The van der Waals surface area contributed by atoms with E-state index >= 15 is 0 Å². The second kappa shape index (κ2) is 3.52. The van der Waals surface area contributed by atoms with Crippen LogP contribution in [0.4, 0.5) is 0 Å². The molecule has 2 unspecified atom stereocenters. The minimum Gasteiger partial charge on any atom is -0.344 e. The summed E-state index contributed by atoms with van der Waals surface area (Å²) in [4.78, 5) is 12.5. The molecular formula is C12H18O6. The summed E-state index contributed by atoms with van der Waals surface area (Å²) in [6.45, 7) is 7.41. The predicted octanol–water partition coefficient (Wildman–Crippen LogP) is 0.585. The lowest BCUT2D eigenvalue weighted by Gasteiger charge is -2.35. The van der Waals surface area contributed by atoms with Crippen molar-refractivity contribution in [3.8, 4) is 0 Å². The standard InChI is InChI=1S/C12H18O6/c1-10(2)15-6-12(18-10)9(13)8-7(5-14-12)16-11(3,4)17-8/h7-8H,5-6H2,1-4H3/t7?,8?,12-/m1/s1. The molecule has 18 heavy (non-hydrogen) atoms. The van der Waals surface area contributed by atoms with Crippen molar-refractivity contribution in [3.05, 3.63) is 0 Å². The summed E-state index contributed by atoms with van der Waals surface area (Å²) in [7, 11) is 0. The maximum atomic E-state index is 12.5. The number of carbonyl (C=O) groups is 1. The van der Waals surface area contributed by atoms with E-state index in [1.54, 1.807) is 27.7 Å². The fraction of sp³-hybridized carbons (Fsp3) is 0.917. The van der Waals surface area contributed by atoms with Crippen LogP contribution < -0.4 is 0 Å². The van der Waals surface area contributed by atoms with Gasteiger partial charge in [0.05, 0.1) is 6.61 Å². The third kappa shape index (κ3) is 1.80. The third-order valence-electron chi connectivity index (χ3n) is 3.32. The highest BCUT2D eigenvalue weighted by molar-refractivity contribution is 5.92. The first kappa shape index (κ1) is 12.5. The number of rotatable bonds is 0. The maximum Gasteiger partial charge on any atom is 0.258 e. The van der Waals surface area contributed by atoms with Gasteiger partial charge in [0.1, 0.15) is 12.7 Å². The van der Waals surface area contributed by atoms with Gasteiger partial charge in [-0.05, 0) is 27.7 Å². The van der Waals surface area contributed by atoms with E-state index in [0.29, 0.717) is 0 Å². The van der Waals surface area contributed by atoms with E-state index < -0.39 is 23.5 Å². The van der Waals surface area contributed by atoms with Gasteiger partial charge in [-0.15, -0.1) is 0 Å². The molecule has 3 fully saturated rings. The van der Waals surface area contributed by atoms with E-state index in [0.717, 1.165) is 0 Å². The van der Waals surface area contributed by atoms with Gasteiger partial charge in [0.2, 0.25) is 5.78 Å². The molecular weight excluding hydrogens is 240 g/mol.